The van der Waals surface area contributed by atoms with Crippen molar-refractivity contribution in [2.24, 2.45) is 0 Å². The number of anilines is 1. The number of nitrogens with zero attached hydrogens (tertiary/aromatic N) is 3. The molecule has 0 atom stereocenters. The van der Waals surface area contributed by atoms with Crippen LogP contribution >= 0.6 is 11.6 Å². The normalized spacial score (nSPS) is 14.5. The molecule has 1 aliphatic heterocycles. The first-order valence-electron chi connectivity index (χ1n) is 3.85. The molecule has 0 radical (unpaired) electrons. The van der Waals surface area contributed by atoms with Gasteiger partial charge in [-0.05, 0) is 6.08 Å². The zero-order valence-corrected chi connectivity index (χ0v) is 7.82. The summed E-state index contributed by atoms with van der Waals surface area (Å²) < 4.78 is 1.47. The Kier molecular flexibility index (Phi) is 1.84. The highest BCUT2D eigenvalue weighted by molar-refractivity contribution is 6.29. The highest BCUT2D eigenvalue weighted by atomic mass is 35.5. The first-order chi connectivity index (χ1) is 6.18. The van der Waals surface area contributed by atoms with Gasteiger partial charge in [0.2, 0.25) is 0 Å². The smallest absolute Gasteiger partial charge is 0.354 e. The maximum Gasteiger partial charge on any atom is 0.354 e. The van der Waals surface area contributed by atoms with Gasteiger partial charge in [-0.1, -0.05) is 11.6 Å². The standard InChI is InChI=1S/C8H8ClN3O/c1-11-3-2-4-12-7(11)5-6(9)10-8(12)13/h2,4-5H,3H2,1H3. The molecule has 5 heteroatoms. The molecule has 1 aromatic heterocycles. The van der Waals surface area contributed by atoms with Crippen molar-refractivity contribution in [1.29, 1.82) is 0 Å². The van der Waals surface area contributed by atoms with Crippen LogP contribution in [0.1, 0.15) is 0 Å². The van der Waals surface area contributed by atoms with Crippen LogP contribution in [0.15, 0.2) is 16.9 Å². The summed E-state index contributed by atoms with van der Waals surface area (Å²) in [6, 6.07) is 1.67. The van der Waals surface area contributed by atoms with Crippen LogP contribution in [0, 0.1) is 0 Å². The fourth-order valence-electron chi connectivity index (χ4n) is 1.29. The molecule has 68 valence electrons. The van der Waals surface area contributed by atoms with Gasteiger partial charge in [0, 0.05) is 25.9 Å². The van der Waals surface area contributed by atoms with Gasteiger partial charge in [-0.15, -0.1) is 0 Å². The number of halogens is 1. The van der Waals surface area contributed by atoms with E-state index in [0.717, 1.165) is 12.4 Å². The van der Waals surface area contributed by atoms with Crippen LogP contribution in [-0.2, 0) is 0 Å². The number of likely N-dealkylation sites (N-methyl/N-ethyl adjacent to an activating group) is 1. The van der Waals surface area contributed by atoms with Crippen LogP contribution in [0.4, 0.5) is 5.82 Å². The molecular formula is C8H8ClN3O. The summed E-state index contributed by atoms with van der Waals surface area (Å²) in [6.07, 6.45) is 3.60. The van der Waals surface area contributed by atoms with Gasteiger partial charge in [0.25, 0.3) is 0 Å². The number of fused-ring (bicyclic) bond motifs is 1. The van der Waals surface area contributed by atoms with Crippen molar-refractivity contribution in [3.63, 3.8) is 0 Å². The van der Waals surface area contributed by atoms with Crippen molar-refractivity contribution in [2.45, 2.75) is 0 Å². The van der Waals surface area contributed by atoms with E-state index in [-0.39, 0.29) is 10.8 Å². The van der Waals surface area contributed by atoms with Crippen molar-refractivity contribution in [3.05, 3.63) is 27.8 Å². The van der Waals surface area contributed by atoms with Crippen molar-refractivity contribution in [1.82, 2.24) is 9.55 Å². The Labute approximate surface area is 80.1 Å². The first-order valence-corrected chi connectivity index (χ1v) is 4.23. The molecule has 0 aromatic carbocycles. The number of hydrogen-bond donors (Lipinski definition) is 0. The molecule has 0 saturated carbocycles. The molecule has 1 aliphatic rings. The van der Waals surface area contributed by atoms with Gasteiger partial charge in [0.15, 0.2) is 0 Å². The topological polar surface area (TPSA) is 38.1 Å². The van der Waals surface area contributed by atoms with Crippen molar-refractivity contribution < 1.29 is 0 Å². The summed E-state index contributed by atoms with van der Waals surface area (Å²) in [7, 11) is 1.89. The largest absolute Gasteiger partial charge is 0.357 e. The van der Waals surface area contributed by atoms with Crippen LogP contribution in [0.25, 0.3) is 6.20 Å². The lowest BCUT2D eigenvalue weighted by atomic mass is 10.4. The molecule has 4 nitrogen and oxygen atoms in total. The summed E-state index contributed by atoms with van der Waals surface area (Å²) in [5.41, 5.74) is -0.342. The summed E-state index contributed by atoms with van der Waals surface area (Å²) in [5, 5.41) is 0.235. The molecule has 0 saturated heterocycles. The molecule has 0 amide bonds. The minimum Gasteiger partial charge on any atom is -0.357 e. The lowest BCUT2D eigenvalue weighted by Gasteiger charge is -2.23. The van der Waals surface area contributed by atoms with E-state index in [1.165, 1.54) is 4.57 Å². The average molecular weight is 198 g/mol. The van der Waals surface area contributed by atoms with E-state index in [2.05, 4.69) is 4.98 Å². The third-order valence-corrected chi connectivity index (χ3v) is 2.12. The minimum absolute atomic E-state index is 0.235. The predicted octanol–water partition coefficient (Wildman–Crippen LogP) is 0.817. The summed E-state index contributed by atoms with van der Waals surface area (Å²) >= 11 is 5.67. The molecule has 13 heavy (non-hydrogen) atoms. The van der Waals surface area contributed by atoms with Crippen molar-refractivity contribution >= 4 is 23.6 Å². The second-order valence-electron chi connectivity index (χ2n) is 2.85. The van der Waals surface area contributed by atoms with Gasteiger partial charge in [0.1, 0.15) is 11.0 Å². The highest BCUT2D eigenvalue weighted by Gasteiger charge is 2.11. The van der Waals surface area contributed by atoms with E-state index in [9.17, 15) is 4.79 Å². The van der Waals surface area contributed by atoms with E-state index in [1.807, 2.05) is 18.0 Å². The lowest BCUT2D eigenvalue weighted by Crippen LogP contribution is -2.31. The number of hydrogen-bond acceptors (Lipinski definition) is 3. The van der Waals surface area contributed by atoms with E-state index in [1.54, 1.807) is 12.3 Å². The molecule has 2 rings (SSSR count). The zero-order valence-electron chi connectivity index (χ0n) is 7.07. The monoisotopic (exact) mass is 197 g/mol. The Morgan fingerprint density at radius 2 is 2.38 bits per heavy atom. The van der Waals surface area contributed by atoms with Crippen LogP contribution in [-0.4, -0.2) is 23.1 Å². The molecule has 0 bridgehead atoms. The molecule has 0 fully saturated rings. The van der Waals surface area contributed by atoms with Crippen LogP contribution < -0.4 is 10.6 Å². The Morgan fingerprint density at radius 1 is 1.62 bits per heavy atom. The zero-order chi connectivity index (χ0) is 9.42. The predicted molar refractivity (Wildman–Crippen MR) is 52.1 cm³/mol. The highest BCUT2D eigenvalue weighted by Crippen LogP contribution is 2.17. The van der Waals surface area contributed by atoms with Gasteiger partial charge in [-0.25, -0.2) is 4.79 Å². The maximum atomic E-state index is 11.3. The number of aromatic nitrogens is 2. The Hall–Kier alpha value is -1.29. The maximum absolute atomic E-state index is 11.3. The van der Waals surface area contributed by atoms with E-state index in [4.69, 9.17) is 11.6 Å². The number of rotatable bonds is 0. The molecular weight excluding hydrogens is 190 g/mol. The summed E-state index contributed by atoms with van der Waals surface area (Å²) in [4.78, 5) is 16.9. The second-order valence-corrected chi connectivity index (χ2v) is 3.24. The summed E-state index contributed by atoms with van der Waals surface area (Å²) in [5.74, 6) is 0.771. The molecule has 0 spiro atoms. The third-order valence-electron chi connectivity index (χ3n) is 1.93. The van der Waals surface area contributed by atoms with Gasteiger partial charge >= 0.3 is 5.69 Å². The Balaban J connectivity index is 2.72. The Morgan fingerprint density at radius 3 is 3.15 bits per heavy atom. The quantitative estimate of drug-likeness (QED) is 0.578. The minimum atomic E-state index is -0.342. The fraction of sp³-hybridized carbons (Fsp3) is 0.250. The Bertz CT molecular complexity index is 424. The van der Waals surface area contributed by atoms with E-state index >= 15 is 0 Å². The molecule has 2 heterocycles. The van der Waals surface area contributed by atoms with Gasteiger partial charge in [-0.2, -0.15) is 4.98 Å². The van der Waals surface area contributed by atoms with E-state index in [0.29, 0.717) is 0 Å². The van der Waals surface area contributed by atoms with E-state index < -0.39 is 0 Å². The van der Waals surface area contributed by atoms with Crippen LogP contribution in [0.2, 0.25) is 5.15 Å². The third kappa shape index (κ3) is 1.33. The second kappa shape index (κ2) is 2.88. The fourth-order valence-corrected chi connectivity index (χ4v) is 1.46. The first kappa shape index (κ1) is 8.31. The van der Waals surface area contributed by atoms with Crippen molar-refractivity contribution in [3.8, 4) is 0 Å². The average Bonchev–Trinajstić information content (AvgIpc) is 2.07. The molecule has 0 aliphatic carbocycles. The van der Waals surface area contributed by atoms with Crippen LogP contribution in [0.5, 0.6) is 0 Å². The van der Waals surface area contributed by atoms with Crippen molar-refractivity contribution in [2.75, 3.05) is 18.5 Å². The summed E-state index contributed by atoms with van der Waals surface area (Å²) in [6.45, 7) is 0.778. The van der Waals surface area contributed by atoms with Gasteiger partial charge in [0.05, 0.1) is 0 Å². The molecule has 0 unspecified atom stereocenters. The van der Waals surface area contributed by atoms with Gasteiger partial charge in [-0.3, -0.25) is 4.57 Å². The lowest BCUT2D eigenvalue weighted by molar-refractivity contribution is 0.863. The van der Waals surface area contributed by atoms with Crippen LogP contribution in [0.3, 0.4) is 0 Å². The van der Waals surface area contributed by atoms with Gasteiger partial charge < -0.3 is 4.90 Å². The molecule has 0 N–H and O–H groups in total. The SMILES string of the molecule is CN1CC=Cn2c1cc(Cl)nc2=O. The molecule has 1 aromatic rings.